The zero-order valence-electron chi connectivity index (χ0n) is 9.66. The van der Waals surface area contributed by atoms with Gasteiger partial charge in [0.05, 0.1) is 5.41 Å². The fourth-order valence-electron chi connectivity index (χ4n) is 2.63. The monoisotopic (exact) mass is 298 g/mol. The molecular formula is C13H15BrO3. The van der Waals surface area contributed by atoms with Crippen LogP contribution in [0.5, 0.6) is 5.75 Å². The van der Waals surface area contributed by atoms with Crippen LogP contribution in [0.3, 0.4) is 0 Å². The molecule has 17 heavy (non-hydrogen) atoms. The van der Waals surface area contributed by atoms with Crippen LogP contribution in [-0.4, -0.2) is 16.2 Å². The molecule has 0 amide bonds. The summed E-state index contributed by atoms with van der Waals surface area (Å²) in [6.45, 7) is 1.87. The van der Waals surface area contributed by atoms with Crippen molar-refractivity contribution < 1.29 is 15.0 Å². The van der Waals surface area contributed by atoms with Crippen molar-refractivity contribution in [2.75, 3.05) is 0 Å². The third kappa shape index (κ3) is 1.95. The van der Waals surface area contributed by atoms with Gasteiger partial charge in [-0.15, -0.1) is 0 Å². The van der Waals surface area contributed by atoms with Crippen molar-refractivity contribution in [1.29, 1.82) is 0 Å². The van der Waals surface area contributed by atoms with Gasteiger partial charge in [0.15, 0.2) is 0 Å². The quantitative estimate of drug-likeness (QED) is 0.880. The van der Waals surface area contributed by atoms with Gasteiger partial charge in [0.25, 0.3) is 0 Å². The summed E-state index contributed by atoms with van der Waals surface area (Å²) in [6, 6.07) is 3.38. The molecule has 0 aliphatic heterocycles. The van der Waals surface area contributed by atoms with E-state index in [1.165, 1.54) is 0 Å². The molecule has 0 radical (unpaired) electrons. The maximum atomic E-state index is 11.5. The van der Waals surface area contributed by atoms with E-state index in [4.69, 9.17) is 0 Å². The molecule has 1 saturated carbocycles. The second kappa shape index (κ2) is 4.33. The molecule has 0 spiro atoms. The highest BCUT2D eigenvalue weighted by atomic mass is 79.9. The summed E-state index contributed by atoms with van der Waals surface area (Å²) in [7, 11) is 0. The Morgan fingerprint density at radius 3 is 2.47 bits per heavy atom. The molecule has 3 nitrogen and oxygen atoms in total. The van der Waals surface area contributed by atoms with E-state index < -0.39 is 11.4 Å². The number of halogens is 1. The molecule has 0 atom stereocenters. The van der Waals surface area contributed by atoms with Crippen molar-refractivity contribution in [3.05, 3.63) is 27.7 Å². The number of rotatable bonds is 2. The lowest BCUT2D eigenvalue weighted by Crippen LogP contribution is -2.32. The lowest BCUT2D eigenvalue weighted by molar-refractivity contribution is -0.143. The molecule has 0 heterocycles. The predicted octanol–water partition coefficient (Wildman–Crippen LogP) is 3.36. The fourth-order valence-corrected chi connectivity index (χ4v) is 2.97. The number of hydrogen-bond donors (Lipinski definition) is 2. The molecule has 0 saturated heterocycles. The highest BCUT2D eigenvalue weighted by Crippen LogP contribution is 2.46. The Kier molecular flexibility index (Phi) is 3.17. The number of carbonyl (C=O) groups is 1. The minimum atomic E-state index is -0.902. The molecule has 4 heteroatoms. The molecule has 1 aliphatic carbocycles. The number of benzene rings is 1. The van der Waals surface area contributed by atoms with Crippen LogP contribution in [0.4, 0.5) is 0 Å². The molecule has 1 aromatic carbocycles. The average Bonchev–Trinajstić information content (AvgIpc) is 2.73. The van der Waals surface area contributed by atoms with Crippen molar-refractivity contribution in [3.8, 4) is 5.75 Å². The highest BCUT2D eigenvalue weighted by molar-refractivity contribution is 9.10. The van der Waals surface area contributed by atoms with Gasteiger partial charge in [0.1, 0.15) is 5.75 Å². The predicted molar refractivity (Wildman–Crippen MR) is 68.3 cm³/mol. The van der Waals surface area contributed by atoms with Crippen LogP contribution in [0.1, 0.15) is 36.8 Å². The molecule has 2 rings (SSSR count). The first-order valence-electron chi connectivity index (χ1n) is 5.70. The number of hydrogen-bond acceptors (Lipinski definition) is 2. The Balaban J connectivity index is 2.58. The van der Waals surface area contributed by atoms with Gasteiger partial charge in [-0.25, -0.2) is 0 Å². The van der Waals surface area contributed by atoms with Gasteiger partial charge in [-0.05, 0) is 37.5 Å². The van der Waals surface area contributed by atoms with E-state index in [-0.39, 0.29) is 5.75 Å². The maximum Gasteiger partial charge on any atom is 0.314 e. The van der Waals surface area contributed by atoms with Crippen LogP contribution in [-0.2, 0) is 10.2 Å². The summed E-state index contributed by atoms with van der Waals surface area (Å²) in [5, 5.41) is 19.5. The Morgan fingerprint density at radius 2 is 1.94 bits per heavy atom. The van der Waals surface area contributed by atoms with Gasteiger partial charge >= 0.3 is 5.97 Å². The summed E-state index contributed by atoms with van der Waals surface area (Å²) in [5.41, 5.74) is 0.546. The van der Waals surface area contributed by atoms with Crippen molar-refractivity contribution in [2.45, 2.75) is 38.0 Å². The molecule has 0 unspecified atom stereocenters. The van der Waals surface area contributed by atoms with E-state index in [2.05, 4.69) is 15.9 Å². The smallest absolute Gasteiger partial charge is 0.314 e. The molecule has 1 fully saturated rings. The van der Waals surface area contributed by atoms with Crippen LogP contribution in [0, 0.1) is 6.92 Å². The molecule has 2 N–H and O–H groups in total. The van der Waals surface area contributed by atoms with Crippen LogP contribution in [0.25, 0.3) is 0 Å². The molecule has 0 aromatic heterocycles. The number of aromatic hydroxyl groups is 1. The zero-order chi connectivity index (χ0) is 12.6. The maximum absolute atomic E-state index is 11.5. The molecule has 1 aliphatic rings. The highest BCUT2D eigenvalue weighted by Gasteiger charge is 2.44. The van der Waals surface area contributed by atoms with Crippen molar-refractivity contribution in [2.24, 2.45) is 0 Å². The average molecular weight is 299 g/mol. The van der Waals surface area contributed by atoms with Crippen LogP contribution in [0.15, 0.2) is 16.6 Å². The minimum absolute atomic E-state index is 0.0926. The molecular weight excluding hydrogens is 284 g/mol. The number of aryl methyl sites for hydroxylation is 1. The molecule has 0 bridgehead atoms. The number of aliphatic carboxylic acids is 1. The first-order valence-corrected chi connectivity index (χ1v) is 6.50. The van der Waals surface area contributed by atoms with E-state index in [0.29, 0.717) is 18.4 Å². The van der Waals surface area contributed by atoms with Crippen LogP contribution < -0.4 is 0 Å². The molecule has 1 aromatic rings. The number of phenolic OH excluding ortho intramolecular Hbond substituents is 1. The standard InChI is InChI=1S/C13H15BrO3/c1-8-6-11(15)9(7-10(8)14)13(12(16)17)4-2-3-5-13/h6-7,15H,2-5H2,1H3,(H,16,17). The van der Waals surface area contributed by atoms with E-state index in [0.717, 1.165) is 22.9 Å². The zero-order valence-corrected chi connectivity index (χ0v) is 11.2. The Bertz CT molecular complexity index is 462. The lowest BCUT2D eigenvalue weighted by atomic mass is 9.78. The van der Waals surface area contributed by atoms with Crippen LogP contribution >= 0.6 is 15.9 Å². The second-order valence-electron chi connectivity index (χ2n) is 4.71. The molecule has 92 valence electrons. The third-order valence-corrected chi connectivity index (χ3v) is 4.51. The fraction of sp³-hybridized carbons (Fsp3) is 0.462. The van der Waals surface area contributed by atoms with Gasteiger partial charge in [-0.1, -0.05) is 28.8 Å². The summed E-state index contributed by atoms with van der Waals surface area (Å²) in [6.07, 6.45) is 3.01. The largest absolute Gasteiger partial charge is 0.508 e. The van der Waals surface area contributed by atoms with Crippen molar-refractivity contribution >= 4 is 21.9 Å². The summed E-state index contributed by atoms with van der Waals surface area (Å²) < 4.78 is 0.845. The first-order chi connectivity index (χ1) is 7.97. The minimum Gasteiger partial charge on any atom is -0.508 e. The summed E-state index contributed by atoms with van der Waals surface area (Å²) >= 11 is 3.40. The number of carboxylic acid groups (broad SMARTS) is 1. The summed E-state index contributed by atoms with van der Waals surface area (Å²) in [4.78, 5) is 11.5. The summed E-state index contributed by atoms with van der Waals surface area (Å²) in [5.74, 6) is -0.740. The van der Waals surface area contributed by atoms with E-state index in [9.17, 15) is 15.0 Å². The topological polar surface area (TPSA) is 57.5 Å². The Hall–Kier alpha value is -1.03. The number of carboxylic acids is 1. The third-order valence-electron chi connectivity index (χ3n) is 3.66. The van der Waals surface area contributed by atoms with Crippen molar-refractivity contribution in [3.63, 3.8) is 0 Å². The van der Waals surface area contributed by atoms with Gasteiger partial charge < -0.3 is 10.2 Å². The van der Waals surface area contributed by atoms with E-state index in [1.807, 2.05) is 6.92 Å². The van der Waals surface area contributed by atoms with Gasteiger partial charge in [0, 0.05) is 10.0 Å². The first kappa shape index (κ1) is 12.4. The van der Waals surface area contributed by atoms with Gasteiger partial charge in [0.2, 0.25) is 0 Å². The lowest BCUT2D eigenvalue weighted by Gasteiger charge is -2.25. The second-order valence-corrected chi connectivity index (χ2v) is 5.57. The van der Waals surface area contributed by atoms with E-state index in [1.54, 1.807) is 12.1 Å². The van der Waals surface area contributed by atoms with Gasteiger partial charge in [-0.3, -0.25) is 4.79 Å². The van der Waals surface area contributed by atoms with Gasteiger partial charge in [-0.2, -0.15) is 0 Å². The van der Waals surface area contributed by atoms with E-state index >= 15 is 0 Å². The Morgan fingerprint density at radius 1 is 1.35 bits per heavy atom. The SMILES string of the molecule is Cc1cc(O)c(C2(C(=O)O)CCCC2)cc1Br. The van der Waals surface area contributed by atoms with Crippen molar-refractivity contribution in [1.82, 2.24) is 0 Å². The normalized spacial score (nSPS) is 18.2. The van der Waals surface area contributed by atoms with Crippen LogP contribution in [0.2, 0.25) is 0 Å². The number of phenols is 1. The Labute approximate surface area is 109 Å².